The Labute approximate surface area is 253 Å². The lowest BCUT2D eigenvalue weighted by atomic mass is 10.0. The van der Waals surface area contributed by atoms with E-state index in [1.54, 1.807) is 28.8 Å². The van der Waals surface area contributed by atoms with Gasteiger partial charge < -0.3 is 9.30 Å². The normalized spacial score (nSPS) is 17.7. The van der Waals surface area contributed by atoms with Crippen LogP contribution >= 0.6 is 0 Å². The van der Waals surface area contributed by atoms with Crippen LogP contribution in [-0.2, 0) is 22.2 Å². The van der Waals surface area contributed by atoms with Gasteiger partial charge in [-0.2, -0.15) is 18.2 Å². The molecule has 0 radical (unpaired) electrons. The molecule has 3 N–H and O–H groups in total. The van der Waals surface area contributed by atoms with Crippen molar-refractivity contribution in [3.8, 4) is 28.7 Å². The molecule has 12 nitrogen and oxygen atoms in total. The van der Waals surface area contributed by atoms with Crippen molar-refractivity contribution in [2.45, 2.75) is 50.2 Å². The van der Waals surface area contributed by atoms with Gasteiger partial charge in [0.1, 0.15) is 23.6 Å². The van der Waals surface area contributed by atoms with E-state index in [1.165, 1.54) is 19.5 Å². The van der Waals surface area contributed by atoms with Crippen LogP contribution in [0, 0.1) is 5.92 Å². The number of amides is 2. The lowest BCUT2D eigenvalue weighted by Gasteiger charge is -2.15. The molecule has 4 aromatic rings. The Balaban J connectivity index is 1.32. The first-order valence-electron chi connectivity index (χ1n) is 14.3. The van der Waals surface area contributed by atoms with Crippen molar-refractivity contribution in [1.82, 2.24) is 34.9 Å². The maximum absolute atomic E-state index is 13.5. The highest BCUT2D eigenvalue weighted by Crippen LogP contribution is 2.45. The van der Waals surface area contributed by atoms with E-state index in [0.717, 1.165) is 43.1 Å². The number of aromatic nitrogens is 6. The molecule has 0 saturated heterocycles. The summed E-state index contributed by atoms with van der Waals surface area (Å²) in [7, 11) is 1.48. The first kappa shape index (κ1) is 28.7. The van der Waals surface area contributed by atoms with Crippen LogP contribution < -0.4 is 26.7 Å². The number of methoxy groups -OCH3 is 1. The number of imidazole rings is 1. The summed E-state index contributed by atoms with van der Waals surface area (Å²) < 4.78 is 47.5. The molecule has 4 heterocycles. The Hall–Kier alpha value is -5.05. The van der Waals surface area contributed by atoms with Crippen LogP contribution in [0.4, 0.5) is 13.2 Å². The first-order chi connectivity index (χ1) is 21.6. The van der Waals surface area contributed by atoms with Crippen LogP contribution in [0.2, 0.25) is 0 Å². The standard InChI is InChI=1S/C30H26F3N9O3/c1-45-29-22(23(15-6-7-15)35-13-36-29)25-37-20(18-11-19(28(44)41-34)27(43)40-24(18)39-25)10-14-2-4-16(5-3-14)26-38-21(30(31,32)33)12-42(26)17-8-9-17/h2-5,11-13,15,17,19H,6-10,34H2,1H3,(H,41,44). The summed E-state index contributed by atoms with van der Waals surface area (Å²) in [6.45, 7) is 0. The van der Waals surface area contributed by atoms with Crippen molar-refractivity contribution in [3.63, 3.8) is 0 Å². The van der Waals surface area contributed by atoms with Gasteiger partial charge in [0.2, 0.25) is 11.8 Å². The summed E-state index contributed by atoms with van der Waals surface area (Å²) in [6.07, 6.45) is 3.07. The minimum atomic E-state index is -4.55. The third-order valence-corrected chi connectivity index (χ3v) is 8.01. The molecule has 1 atom stereocenters. The number of nitrogens with two attached hydrogens (primary N) is 1. The van der Waals surface area contributed by atoms with Crippen molar-refractivity contribution in [1.29, 1.82) is 0 Å². The number of halogens is 3. The smallest absolute Gasteiger partial charge is 0.434 e. The van der Waals surface area contributed by atoms with E-state index in [1.807, 2.05) is 5.43 Å². The van der Waals surface area contributed by atoms with Crippen molar-refractivity contribution < 1.29 is 27.5 Å². The number of ether oxygens (including phenoxy) is 1. The molecular weight excluding hydrogens is 591 g/mol. The molecule has 2 saturated carbocycles. The summed E-state index contributed by atoms with van der Waals surface area (Å²) in [4.78, 5) is 51.4. The van der Waals surface area contributed by atoms with Crippen molar-refractivity contribution in [2.75, 3.05) is 7.11 Å². The number of rotatable bonds is 8. The van der Waals surface area contributed by atoms with Crippen molar-refractivity contribution >= 4 is 17.9 Å². The second kappa shape index (κ2) is 10.8. The molecule has 230 valence electrons. The molecule has 0 bridgehead atoms. The Kier molecular flexibility index (Phi) is 6.91. The van der Waals surface area contributed by atoms with Crippen LogP contribution in [0.5, 0.6) is 5.88 Å². The number of carbonyl (C=O) groups excluding carboxylic acids is 2. The molecule has 1 aliphatic heterocycles. The van der Waals surface area contributed by atoms with Gasteiger partial charge >= 0.3 is 6.18 Å². The second-order valence-corrected chi connectivity index (χ2v) is 11.2. The minimum Gasteiger partial charge on any atom is -0.480 e. The predicted octanol–water partition coefficient (Wildman–Crippen LogP) is 2.17. The van der Waals surface area contributed by atoms with Gasteiger partial charge in [-0.15, -0.1) is 0 Å². The average Bonchev–Trinajstić information content (AvgIpc) is 3.98. The molecule has 3 aliphatic rings. The van der Waals surface area contributed by atoms with Gasteiger partial charge in [-0.25, -0.2) is 30.8 Å². The maximum atomic E-state index is 13.5. The fourth-order valence-corrected chi connectivity index (χ4v) is 5.45. The zero-order valence-corrected chi connectivity index (χ0v) is 23.9. The third-order valence-electron chi connectivity index (χ3n) is 8.01. The molecule has 1 unspecified atom stereocenters. The van der Waals surface area contributed by atoms with E-state index < -0.39 is 29.6 Å². The number of nitrogens with zero attached hydrogens (tertiary/aromatic N) is 7. The number of benzene rings is 1. The highest BCUT2D eigenvalue weighted by Gasteiger charge is 2.38. The molecule has 45 heavy (non-hydrogen) atoms. The van der Waals surface area contributed by atoms with Gasteiger partial charge in [-0.3, -0.25) is 15.0 Å². The lowest BCUT2D eigenvalue weighted by molar-refractivity contribution is -0.141. The highest BCUT2D eigenvalue weighted by molar-refractivity contribution is 6.06. The number of hydrazine groups is 1. The van der Waals surface area contributed by atoms with E-state index >= 15 is 0 Å². The summed E-state index contributed by atoms with van der Waals surface area (Å²) in [5.41, 5.74) is 4.13. The third kappa shape index (κ3) is 5.43. The Bertz CT molecular complexity index is 1970. The zero-order valence-electron chi connectivity index (χ0n) is 23.9. The fraction of sp³-hybridized carbons (Fsp3) is 0.333. The molecular formula is C30H26F3N9O3. The van der Waals surface area contributed by atoms with Gasteiger partial charge in [-0.05, 0) is 37.3 Å². The van der Waals surface area contributed by atoms with Crippen LogP contribution in [0.25, 0.3) is 28.9 Å². The SMILES string of the molecule is COc1ncnc(C2CC2)c1-c1nc(Cc2ccc(-c3nc(C(F)(F)F)cn3C3CC3)cc2)c2c(n1)=NC(=O)C(C(=O)NN)C=2. The van der Waals surface area contributed by atoms with E-state index in [0.29, 0.717) is 22.0 Å². The van der Waals surface area contributed by atoms with Gasteiger partial charge in [0, 0.05) is 35.4 Å². The zero-order chi connectivity index (χ0) is 31.5. The fourth-order valence-electron chi connectivity index (χ4n) is 5.45. The number of hydrogen-bond acceptors (Lipinski definition) is 9. The maximum Gasteiger partial charge on any atom is 0.434 e. The van der Waals surface area contributed by atoms with E-state index in [4.69, 9.17) is 15.6 Å². The molecule has 0 spiro atoms. The first-order valence-corrected chi connectivity index (χ1v) is 14.3. The van der Waals surface area contributed by atoms with E-state index in [9.17, 15) is 22.8 Å². The van der Waals surface area contributed by atoms with Gasteiger partial charge in [0.15, 0.2) is 17.0 Å². The molecule has 2 aliphatic carbocycles. The number of carbonyl (C=O) groups is 2. The van der Waals surface area contributed by atoms with Crippen LogP contribution in [-0.4, -0.2) is 48.4 Å². The number of fused-ring (bicyclic) bond motifs is 1. The van der Waals surface area contributed by atoms with Crippen LogP contribution in [0.3, 0.4) is 0 Å². The molecule has 2 fully saturated rings. The Morgan fingerprint density at radius 1 is 1.09 bits per heavy atom. The number of hydrogen-bond donors (Lipinski definition) is 2. The van der Waals surface area contributed by atoms with E-state index in [2.05, 4.69) is 24.9 Å². The monoisotopic (exact) mass is 617 g/mol. The number of alkyl halides is 3. The number of nitrogens with one attached hydrogen (secondary N) is 1. The molecule has 3 aromatic heterocycles. The quantitative estimate of drug-likeness (QED) is 0.131. The topological polar surface area (TPSA) is 163 Å². The van der Waals surface area contributed by atoms with Gasteiger partial charge in [0.25, 0.3) is 5.91 Å². The molecule has 1 aromatic carbocycles. The van der Waals surface area contributed by atoms with E-state index in [-0.39, 0.29) is 41.4 Å². The van der Waals surface area contributed by atoms with Crippen LogP contribution in [0.1, 0.15) is 60.3 Å². The summed E-state index contributed by atoms with van der Waals surface area (Å²) in [5, 5.41) is 0.388. The molecule has 15 heteroatoms. The summed E-state index contributed by atoms with van der Waals surface area (Å²) in [6, 6.07) is 6.98. The minimum absolute atomic E-state index is 0.00519. The largest absolute Gasteiger partial charge is 0.480 e. The summed E-state index contributed by atoms with van der Waals surface area (Å²) >= 11 is 0. The lowest BCUT2D eigenvalue weighted by Crippen LogP contribution is -2.46. The van der Waals surface area contributed by atoms with Gasteiger partial charge in [-0.1, -0.05) is 24.3 Å². The second-order valence-electron chi connectivity index (χ2n) is 11.2. The van der Waals surface area contributed by atoms with Crippen molar-refractivity contribution in [2.24, 2.45) is 16.8 Å². The Morgan fingerprint density at radius 3 is 2.49 bits per heavy atom. The predicted molar refractivity (Wildman–Crippen MR) is 151 cm³/mol. The van der Waals surface area contributed by atoms with Gasteiger partial charge in [0.05, 0.1) is 18.5 Å². The van der Waals surface area contributed by atoms with Crippen molar-refractivity contribution in [3.05, 3.63) is 70.1 Å². The summed E-state index contributed by atoms with van der Waals surface area (Å²) in [5.74, 6) is 3.53. The average molecular weight is 618 g/mol. The highest BCUT2D eigenvalue weighted by atomic mass is 19.4. The molecule has 7 rings (SSSR count). The van der Waals surface area contributed by atoms with Crippen LogP contribution in [0.15, 0.2) is 41.8 Å². The molecule has 2 amide bonds. The Morgan fingerprint density at radius 2 is 1.84 bits per heavy atom.